The third kappa shape index (κ3) is 5.66. The maximum Gasteiger partial charge on any atom is 0.404 e. The van der Waals surface area contributed by atoms with Gasteiger partial charge in [0.15, 0.2) is 5.65 Å². The number of ether oxygens (including phenoxy) is 1. The van der Waals surface area contributed by atoms with Crippen molar-refractivity contribution in [2.45, 2.75) is 19.5 Å². The SMILES string of the molecule is O=C(O)NCCCn1cc(Nc2ncc3cnn(Cc4cccc(N5CCOCC5)c4)c3n2)cn1. The minimum atomic E-state index is -1.02. The molecule has 0 unspecified atom stereocenters. The average Bonchev–Trinajstić information content (AvgIpc) is 3.49. The first-order valence-corrected chi connectivity index (χ1v) is 11.5. The van der Waals surface area contributed by atoms with Gasteiger partial charge in [-0.2, -0.15) is 15.2 Å². The number of carbonyl (C=O) groups is 1. The fraction of sp³-hybridized carbons (Fsp3) is 0.348. The Hall–Kier alpha value is -4.19. The van der Waals surface area contributed by atoms with Crippen molar-refractivity contribution in [3.63, 3.8) is 0 Å². The van der Waals surface area contributed by atoms with Gasteiger partial charge < -0.3 is 25.4 Å². The van der Waals surface area contributed by atoms with Crippen LogP contribution in [0, 0.1) is 0 Å². The number of aromatic nitrogens is 6. The maximum absolute atomic E-state index is 10.5. The third-order valence-electron chi connectivity index (χ3n) is 5.73. The second-order valence-electron chi connectivity index (χ2n) is 8.25. The highest BCUT2D eigenvalue weighted by atomic mass is 16.5. The zero-order valence-corrected chi connectivity index (χ0v) is 19.2. The topological polar surface area (TPSA) is 135 Å². The molecule has 1 fully saturated rings. The van der Waals surface area contributed by atoms with E-state index < -0.39 is 6.09 Å². The maximum atomic E-state index is 10.5. The Kier molecular flexibility index (Phi) is 6.70. The molecule has 0 saturated carbocycles. The molecular weight excluding hydrogens is 450 g/mol. The summed E-state index contributed by atoms with van der Waals surface area (Å²) in [5, 5.41) is 23.8. The molecule has 12 nitrogen and oxygen atoms in total. The molecule has 0 bridgehead atoms. The first-order valence-electron chi connectivity index (χ1n) is 11.5. The average molecular weight is 478 g/mol. The number of amides is 1. The quantitative estimate of drug-likeness (QED) is 0.310. The Bertz CT molecular complexity index is 1300. The molecule has 0 radical (unpaired) electrons. The van der Waals surface area contributed by atoms with Crippen molar-refractivity contribution in [3.8, 4) is 0 Å². The van der Waals surface area contributed by atoms with E-state index in [0.717, 1.165) is 48.6 Å². The van der Waals surface area contributed by atoms with Gasteiger partial charge in [0.1, 0.15) is 0 Å². The normalized spacial score (nSPS) is 13.8. The number of nitrogens with one attached hydrogen (secondary N) is 2. The second kappa shape index (κ2) is 10.4. The molecule has 5 rings (SSSR count). The fourth-order valence-electron chi connectivity index (χ4n) is 4.00. The lowest BCUT2D eigenvalue weighted by Gasteiger charge is -2.29. The number of carboxylic acid groups (broad SMARTS) is 1. The van der Waals surface area contributed by atoms with Crippen LogP contribution in [0.2, 0.25) is 0 Å². The summed E-state index contributed by atoms with van der Waals surface area (Å²) >= 11 is 0. The fourth-order valence-corrected chi connectivity index (χ4v) is 4.00. The van der Waals surface area contributed by atoms with Crippen molar-refractivity contribution in [1.29, 1.82) is 0 Å². The molecule has 182 valence electrons. The predicted octanol–water partition coefficient (Wildman–Crippen LogP) is 2.31. The van der Waals surface area contributed by atoms with Crippen LogP contribution in [0.3, 0.4) is 0 Å². The van der Waals surface area contributed by atoms with E-state index in [0.29, 0.717) is 32.0 Å². The standard InChI is InChI=1S/C23H27N9O3/c33-23(34)24-5-2-6-31-16-19(14-26-31)28-22-25-12-18-13-27-32(21(18)29-22)15-17-3-1-4-20(11-17)30-7-9-35-10-8-30/h1,3-4,11-14,16,24H,2,5-10,15H2,(H,33,34)(H,25,28,29). The number of benzene rings is 1. The molecule has 3 aromatic heterocycles. The van der Waals surface area contributed by atoms with Crippen molar-refractivity contribution in [1.82, 2.24) is 34.8 Å². The lowest BCUT2D eigenvalue weighted by atomic mass is 10.2. The molecule has 0 aliphatic carbocycles. The monoisotopic (exact) mass is 477 g/mol. The molecule has 1 aromatic carbocycles. The minimum Gasteiger partial charge on any atom is -0.465 e. The molecule has 1 aliphatic rings. The van der Waals surface area contributed by atoms with Crippen LogP contribution in [0.25, 0.3) is 11.0 Å². The van der Waals surface area contributed by atoms with Crippen LogP contribution in [0.1, 0.15) is 12.0 Å². The number of hydrogen-bond donors (Lipinski definition) is 3. The van der Waals surface area contributed by atoms with E-state index in [2.05, 4.69) is 60.0 Å². The highest BCUT2D eigenvalue weighted by molar-refractivity contribution is 5.75. The number of aryl methyl sites for hydroxylation is 1. The zero-order valence-electron chi connectivity index (χ0n) is 19.2. The molecule has 12 heteroatoms. The number of rotatable bonds is 9. The van der Waals surface area contributed by atoms with Gasteiger partial charge in [-0.1, -0.05) is 12.1 Å². The van der Waals surface area contributed by atoms with Gasteiger partial charge in [-0.3, -0.25) is 4.68 Å². The number of fused-ring (bicyclic) bond motifs is 1. The van der Waals surface area contributed by atoms with E-state index in [-0.39, 0.29) is 0 Å². The Morgan fingerprint density at radius 2 is 2.03 bits per heavy atom. The number of anilines is 3. The van der Waals surface area contributed by atoms with Crippen molar-refractivity contribution in [2.75, 3.05) is 43.1 Å². The van der Waals surface area contributed by atoms with E-state index in [1.165, 1.54) is 5.69 Å². The van der Waals surface area contributed by atoms with E-state index in [1.54, 1.807) is 23.3 Å². The minimum absolute atomic E-state index is 0.372. The van der Waals surface area contributed by atoms with E-state index in [9.17, 15) is 4.79 Å². The van der Waals surface area contributed by atoms with Crippen LogP contribution in [-0.2, 0) is 17.8 Å². The Labute approximate surface area is 201 Å². The molecule has 35 heavy (non-hydrogen) atoms. The Morgan fingerprint density at radius 1 is 1.14 bits per heavy atom. The number of hydrogen-bond acceptors (Lipinski definition) is 8. The second-order valence-corrected chi connectivity index (χ2v) is 8.25. The van der Waals surface area contributed by atoms with E-state index in [1.807, 2.05) is 10.9 Å². The first-order chi connectivity index (χ1) is 17.1. The van der Waals surface area contributed by atoms with Crippen molar-refractivity contribution in [3.05, 3.63) is 54.6 Å². The van der Waals surface area contributed by atoms with Gasteiger partial charge in [0.2, 0.25) is 5.95 Å². The predicted molar refractivity (Wildman–Crippen MR) is 130 cm³/mol. The van der Waals surface area contributed by atoms with Crippen LogP contribution in [-0.4, -0.2) is 73.6 Å². The van der Waals surface area contributed by atoms with E-state index in [4.69, 9.17) is 9.84 Å². The zero-order chi connectivity index (χ0) is 24.0. The number of morpholine rings is 1. The van der Waals surface area contributed by atoms with E-state index >= 15 is 0 Å². The lowest BCUT2D eigenvalue weighted by molar-refractivity contribution is 0.122. The molecule has 1 aliphatic heterocycles. The van der Waals surface area contributed by atoms with Gasteiger partial charge in [-0.15, -0.1) is 0 Å². The van der Waals surface area contributed by atoms with Gasteiger partial charge in [0.05, 0.1) is 43.2 Å². The van der Waals surface area contributed by atoms with Crippen molar-refractivity contribution < 1.29 is 14.6 Å². The Balaban J connectivity index is 1.26. The Morgan fingerprint density at radius 3 is 2.89 bits per heavy atom. The summed E-state index contributed by atoms with van der Waals surface area (Å²) < 4.78 is 9.09. The van der Waals surface area contributed by atoms with Gasteiger partial charge in [-0.05, 0) is 24.1 Å². The van der Waals surface area contributed by atoms with Crippen molar-refractivity contribution >= 4 is 34.4 Å². The highest BCUT2D eigenvalue weighted by Crippen LogP contribution is 2.20. The van der Waals surface area contributed by atoms with Gasteiger partial charge in [0, 0.05) is 44.3 Å². The summed E-state index contributed by atoms with van der Waals surface area (Å²) in [6.07, 6.45) is 6.66. The largest absolute Gasteiger partial charge is 0.465 e. The number of nitrogens with zero attached hydrogens (tertiary/aromatic N) is 7. The lowest BCUT2D eigenvalue weighted by Crippen LogP contribution is -2.36. The summed E-state index contributed by atoms with van der Waals surface area (Å²) in [4.78, 5) is 21.9. The molecule has 4 heterocycles. The summed E-state index contributed by atoms with van der Waals surface area (Å²) in [6, 6.07) is 8.49. The first kappa shape index (κ1) is 22.6. The molecule has 0 atom stereocenters. The molecule has 1 amide bonds. The summed E-state index contributed by atoms with van der Waals surface area (Å²) in [6.45, 7) is 4.86. The molecule has 3 N–H and O–H groups in total. The highest BCUT2D eigenvalue weighted by Gasteiger charge is 2.13. The van der Waals surface area contributed by atoms with Crippen LogP contribution >= 0.6 is 0 Å². The van der Waals surface area contributed by atoms with Crippen LogP contribution in [0.5, 0.6) is 0 Å². The molecular formula is C23H27N9O3. The third-order valence-corrected chi connectivity index (χ3v) is 5.73. The van der Waals surface area contributed by atoms with Crippen LogP contribution < -0.4 is 15.5 Å². The van der Waals surface area contributed by atoms with Crippen LogP contribution in [0.15, 0.2) is 49.1 Å². The summed E-state index contributed by atoms with van der Waals surface area (Å²) in [5.41, 5.74) is 3.83. The summed E-state index contributed by atoms with van der Waals surface area (Å²) in [7, 11) is 0. The summed E-state index contributed by atoms with van der Waals surface area (Å²) in [5.74, 6) is 0.452. The van der Waals surface area contributed by atoms with Gasteiger partial charge in [0.25, 0.3) is 0 Å². The molecule has 1 saturated heterocycles. The van der Waals surface area contributed by atoms with Gasteiger partial charge >= 0.3 is 6.09 Å². The molecule has 4 aromatic rings. The smallest absolute Gasteiger partial charge is 0.404 e. The molecule has 0 spiro atoms. The van der Waals surface area contributed by atoms with Gasteiger partial charge in [-0.25, -0.2) is 14.5 Å². The van der Waals surface area contributed by atoms with Crippen molar-refractivity contribution in [2.24, 2.45) is 0 Å². The van der Waals surface area contributed by atoms with Crippen LogP contribution in [0.4, 0.5) is 22.1 Å².